The van der Waals surface area contributed by atoms with Crippen LogP contribution in [0.1, 0.15) is 6.92 Å². The van der Waals surface area contributed by atoms with Crippen LogP contribution < -0.4 is 11.5 Å². The number of amides is 1. The fourth-order valence-corrected chi connectivity index (χ4v) is 1.51. The molecule has 0 atom stereocenters. The Bertz CT molecular complexity index is 310. The van der Waals surface area contributed by atoms with Crippen molar-refractivity contribution in [1.82, 2.24) is 14.8 Å². The average Bonchev–Trinajstić information content (AvgIpc) is 2.36. The molecule has 0 aliphatic rings. The Hall–Kier alpha value is -1.24. The molecule has 4 N–H and O–H groups in total. The van der Waals surface area contributed by atoms with Crippen LogP contribution in [-0.2, 0) is 11.3 Å². The molecular weight excluding hydrogens is 190 g/mol. The summed E-state index contributed by atoms with van der Waals surface area (Å²) in [6, 6.07) is 0. The van der Waals surface area contributed by atoms with Crippen LogP contribution in [0.25, 0.3) is 0 Å². The molecule has 7 heteroatoms. The van der Waals surface area contributed by atoms with Crippen molar-refractivity contribution in [3.63, 3.8) is 0 Å². The van der Waals surface area contributed by atoms with Gasteiger partial charge in [-0.1, -0.05) is 18.7 Å². The van der Waals surface area contributed by atoms with Crippen molar-refractivity contribution in [1.29, 1.82) is 0 Å². The molecule has 0 aliphatic heterocycles. The summed E-state index contributed by atoms with van der Waals surface area (Å²) in [4.78, 5) is 10.7. The number of hydrogen-bond donors (Lipinski definition) is 2. The van der Waals surface area contributed by atoms with Gasteiger partial charge in [-0.15, -0.1) is 10.2 Å². The van der Waals surface area contributed by atoms with E-state index in [1.165, 1.54) is 16.3 Å². The summed E-state index contributed by atoms with van der Waals surface area (Å²) in [6.45, 7) is 2.01. The van der Waals surface area contributed by atoms with Gasteiger partial charge in [0.2, 0.25) is 11.9 Å². The zero-order valence-corrected chi connectivity index (χ0v) is 8.04. The highest BCUT2D eigenvalue weighted by Crippen LogP contribution is 2.16. The summed E-state index contributed by atoms with van der Waals surface area (Å²) >= 11 is 1.47. The van der Waals surface area contributed by atoms with Gasteiger partial charge in [-0.05, 0) is 5.75 Å². The molecule has 0 saturated heterocycles. The Balaban J connectivity index is 2.87. The highest BCUT2D eigenvalue weighted by molar-refractivity contribution is 7.99. The maximum atomic E-state index is 10.7. The standard InChI is InChI=1S/C6H11N5OS/c1-2-13-6-10-9-5(8)11(6)3-4(7)12/h2-3H2,1H3,(H2,7,12)(H2,8,9). The van der Waals surface area contributed by atoms with Gasteiger partial charge in [0.1, 0.15) is 6.54 Å². The Morgan fingerprint density at radius 2 is 2.31 bits per heavy atom. The lowest BCUT2D eigenvalue weighted by Crippen LogP contribution is -2.20. The third kappa shape index (κ3) is 2.35. The first-order valence-corrected chi connectivity index (χ1v) is 4.73. The number of thioether (sulfide) groups is 1. The Kier molecular flexibility index (Phi) is 3.13. The normalized spacial score (nSPS) is 10.2. The monoisotopic (exact) mass is 201 g/mol. The predicted octanol–water partition coefficient (Wildman–Crippen LogP) is -0.542. The van der Waals surface area contributed by atoms with Gasteiger partial charge in [0.05, 0.1) is 0 Å². The highest BCUT2D eigenvalue weighted by Gasteiger charge is 2.10. The molecular formula is C6H11N5OS. The minimum absolute atomic E-state index is 0.0289. The third-order valence-electron chi connectivity index (χ3n) is 1.33. The first kappa shape index (κ1) is 9.85. The fraction of sp³-hybridized carbons (Fsp3) is 0.500. The summed E-state index contributed by atoms with van der Waals surface area (Å²) in [5.74, 6) is 0.607. The fourth-order valence-electron chi connectivity index (χ4n) is 0.840. The molecule has 0 saturated carbocycles. The van der Waals surface area contributed by atoms with Crippen LogP contribution in [0.4, 0.5) is 5.95 Å². The summed E-state index contributed by atoms with van der Waals surface area (Å²) in [7, 11) is 0. The van der Waals surface area contributed by atoms with E-state index in [1.54, 1.807) is 0 Å². The molecule has 1 aromatic heterocycles. The first-order chi connectivity index (χ1) is 6.15. The molecule has 0 radical (unpaired) electrons. The summed E-state index contributed by atoms with van der Waals surface area (Å²) in [5.41, 5.74) is 10.5. The van der Waals surface area contributed by atoms with Crippen LogP contribution in [-0.4, -0.2) is 26.4 Å². The quantitative estimate of drug-likeness (QED) is 0.637. The van der Waals surface area contributed by atoms with E-state index < -0.39 is 5.91 Å². The molecule has 0 bridgehead atoms. The highest BCUT2D eigenvalue weighted by atomic mass is 32.2. The Morgan fingerprint density at radius 1 is 1.62 bits per heavy atom. The van der Waals surface area contributed by atoms with Gasteiger partial charge < -0.3 is 11.5 Å². The van der Waals surface area contributed by atoms with Crippen LogP contribution in [0, 0.1) is 0 Å². The second kappa shape index (κ2) is 4.13. The van der Waals surface area contributed by atoms with Gasteiger partial charge in [0.25, 0.3) is 0 Å². The van der Waals surface area contributed by atoms with Crippen molar-refractivity contribution in [2.45, 2.75) is 18.6 Å². The number of primary amides is 1. The van der Waals surface area contributed by atoms with Crippen molar-refractivity contribution in [2.24, 2.45) is 5.73 Å². The van der Waals surface area contributed by atoms with Gasteiger partial charge in [0, 0.05) is 0 Å². The molecule has 0 aromatic carbocycles. The molecule has 1 amide bonds. The molecule has 1 heterocycles. The number of aromatic nitrogens is 3. The molecule has 0 aliphatic carbocycles. The molecule has 6 nitrogen and oxygen atoms in total. The number of carbonyl (C=O) groups is 1. The minimum atomic E-state index is -0.454. The number of rotatable bonds is 4. The third-order valence-corrected chi connectivity index (χ3v) is 2.18. The largest absolute Gasteiger partial charge is 0.368 e. The second-order valence-electron chi connectivity index (χ2n) is 2.33. The maximum absolute atomic E-state index is 10.7. The average molecular weight is 201 g/mol. The van der Waals surface area contributed by atoms with E-state index in [1.807, 2.05) is 6.92 Å². The van der Waals surface area contributed by atoms with E-state index in [0.717, 1.165) is 5.75 Å². The zero-order valence-electron chi connectivity index (χ0n) is 7.23. The van der Waals surface area contributed by atoms with E-state index in [-0.39, 0.29) is 12.5 Å². The number of nitrogen functional groups attached to an aromatic ring is 1. The molecule has 0 unspecified atom stereocenters. The summed E-state index contributed by atoms with van der Waals surface area (Å²) in [5, 5.41) is 8.08. The van der Waals surface area contributed by atoms with Crippen molar-refractivity contribution in [2.75, 3.05) is 11.5 Å². The van der Waals surface area contributed by atoms with Crippen LogP contribution >= 0.6 is 11.8 Å². The van der Waals surface area contributed by atoms with Gasteiger partial charge >= 0.3 is 0 Å². The number of nitrogens with zero attached hydrogens (tertiary/aromatic N) is 3. The van der Waals surface area contributed by atoms with Crippen molar-refractivity contribution in [3.05, 3.63) is 0 Å². The molecule has 1 rings (SSSR count). The number of hydrogen-bond acceptors (Lipinski definition) is 5. The van der Waals surface area contributed by atoms with E-state index in [0.29, 0.717) is 5.16 Å². The predicted molar refractivity (Wildman–Crippen MR) is 50.0 cm³/mol. The summed E-state index contributed by atoms with van der Waals surface area (Å²) < 4.78 is 1.50. The lowest BCUT2D eigenvalue weighted by atomic mass is 10.6. The van der Waals surface area contributed by atoms with Gasteiger partial charge in [0.15, 0.2) is 5.16 Å². The van der Waals surface area contributed by atoms with E-state index in [4.69, 9.17) is 11.5 Å². The van der Waals surface area contributed by atoms with Crippen LogP contribution in [0.15, 0.2) is 5.16 Å². The van der Waals surface area contributed by atoms with Gasteiger partial charge in [-0.25, -0.2) is 0 Å². The van der Waals surface area contributed by atoms with Crippen molar-refractivity contribution < 1.29 is 4.79 Å². The lowest BCUT2D eigenvalue weighted by Gasteiger charge is -2.03. The molecule has 72 valence electrons. The molecule has 1 aromatic rings. The topological polar surface area (TPSA) is 99.8 Å². The maximum Gasteiger partial charge on any atom is 0.237 e. The van der Waals surface area contributed by atoms with E-state index in [9.17, 15) is 4.79 Å². The minimum Gasteiger partial charge on any atom is -0.368 e. The van der Waals surface area contributed by atoms with E-state index >= 15 is 0 Å². The molecule has 0 spiro atoms. The molecule has 13 heavy (non-hydrogen) atoms. The summed E-state index contributed by atoms with van der Waals surface area (Å²) in [6.07, 6.45) is 0. The van der Waals surface area contributed by atoms with Crippen LogP contribution in [0.2, 0.25) is 0 Å². The van der Waals surface area contributed by atoms with Crippen molar-refractivity contribution >= 4 is 23.6 Å². The van der Waals surface area contributed by atoms with E-state index in [2.05, 4.69) is 10.2 Å². The Morgan fingerprint density at radius 3 is 2.85 bits per heavy atom. The van der Waals surface area contributed by atoms with Gasteiger partial charge in [-0.3, -0.25) is 9.36 Å². The molecule has 0 fully saturated rings. The van der Waals surface area contributed by atoms with Crippen LogP contribution in [0.5, 0.6) is 0 Å². The number of anilines is 1. The smallest absolute Gasteiger partial charge is 0.237 e. The zero-order chi connectivity index (χ0) is 9.84. The first-order valence-electron chi connectivity index (χ1n) is 3.75. The van der Waals surface area contributed by atoms with Crippen molar-refractivity contribution in [3.8, 4) is 0 Å². The van der Waals surface area contributed by atoms with Crippen LogP contribution in [0.3, 0.4) is 0 Å². The van der Waals surface area contributed by atoms with Gasteiger partial charge in [-0.2, -0.15) is 0 Å². The SMILES string of the molecule is CCSc1nnc(N)n1CC(N)=O. The lowest BCUT2D eigenvalue weighted by molar-refractivity contribution is -0.118. The number of carbonyl (C=O) groups excluding carboxylic acids is 1. The second-order valence-corrected chi connectivity index (χ2v) is 3.56. The number of nitrogens with two attached hydrogens (primary N) is 2. The Labute approximate surface area is 79.7 Å².